The molecule has 0 spiro atoms. The fourth-order valence-corrected chi connectivity index (χ4v) is 3.44. The molecule has 4 nitrogen and oxygen atoms in total. The second-order valence-electron chi connectivity index (χ2n) is 4.84. The van der Waals surface area contributed by atoms with Gasteiger partial charge >= 0.3 is 0 Å². The Morgan fingerprint density at radius 2 is 1.83 bits per heavy atom. The number of hydrogen-bond acceptors (Lipinski definition) is 4. The van der Waals surface area contributed by atoms with Gasteiger partial charge in [0.1, 0.15) is 5.01 Å². The molecule has 0 aliphatic heterocycles. The number of ether oxygens (including phenoxy) is 1. The molecule has 0 saturated carbocycles. The molecule has 1 aromatic heterocycles. The van der Waals surface area contributed by atoms with Crippen LogP contribution in [0.5, 0.6) is 5.75 Å². The molecule has 0 radical (unpaired) electrons. The molecule has 0 fully saturated rings. The summed E-state index contributed by atoms with van der Waals surface area (Å²) in [6.07, 6.45) is 1.76. The molecule has 24 heavy (non-hydrogen) atoms. The highest BCUT2D eigenvalue weighted by Crippen LogP contribution is 2.34. The van der Waals surface area contributed by atoms with Crippen molar-refractivity contribution in [2.75, 3.05) is 12.4 Å². The Morgan fingerprint density at radius 1 is 1.17 bits per heavy atom. The third kappa shape index (κ3) is 3.53. The number of nitrogens with one attached hydrogen (secondary N) is 1. The fraction of sp³-hybridized carbons (Fsp3) is 0.0588. The van der Waals surface area contributed by atoms with Gasteiger partial charge in [0, 0.05) is 28.4 Å². The van der Waals surface area contributed by atoms with Crippen LogP contribution in [0, 0.1) is 0 Å². The first-order valence-corrected chi connectivity index (χ1v) is 8.56. The first kappa shape index (κ1) is 16.8. The van der Waals surface area contributed by atoms with Crippen molar-refractivity contribution in [1.82, 2.24) is 4.98 Å². The number of anilines is 1. The van der Waals surface area contributed by atoms with Gasteiger partial charge in [0.2, 0.25) is 0 Å². The van der Waals surface area contributed by atoms with Crippen molar-refractivity contribution in [3.63, 3.8) is 0 Å². The van der Waals surface area contributed by atoms with Gasteiger partial charge < -0.3 is 10.1 Å². The van der Waals surface area contributed by atoms with E-state index in [0.717, 1.165) is 10.6 Å². The predicted molar refractivity (Wildman–Crippen MR) is 98.5 cm³/mol. The van der Waals surface area contributed by atoms with E-state index in [4.69, 9.17) is 27.9 Å². The van der Waals surface area contributed by atoms with E-state index in [0.29, 0.717) is 17.0 Å². The molecule has 3 rings (SSSR count). The number of nitrogens with zero attached hydrogens (tertiary/aromatic N) is 1. The van der Waals surface area contributed by atoms with Crippen molar-refractivity contribution in [3.8, 4) is 16.3 Å². The second-order valence-corrected chi connectivity index (χ2v) is 6.55. The maximum absolute atomic E-state index is 12.4. The fourth-order valence-electron chi connectivity index (χ4n) is 2.15. The molecule has 0 saturated heterocycles. The summed E-state index contributed by atoms with van der Waals surface area (Å²) in [6, 6.07) is 10.5. The van der Waals surface area contributed by atoms with Crippen LogP contribution < -0.4 is 10.1 Å². The monoisotopic (exact) mass is 378 g/mol. The van der Waals surface area contributed by atoms with Gasteiger partial charge in [-0.05, 0) is 36.4 Å². The van der Waals surface area contributed by atoms with Crippen molar-refractivity contribution in [1.29, 1.82) is 0 Å². The summed E-state index contributed by atoms with van der Waals surface area (Å²) in [6.45, 7) is 0. The maximum atomic E-state index is 12.4. The molecule has 1 N–H and O–H groups in total. The SMILES string of the molecule is COc1c(Cl)cc(C(=O)Nc2ccc(-c3nccs3)cc2)cc1Cl. The van der Waals surface area contributed by atoms with E-state index < -0.39 is 0 Å². The lowest BCUT2D eigenvalue weighted by molar-refractivity contribution is 0.102. The summed E-state index contributed by atoms with van der Waals surface area (Å²) in [5.74, 6) is 0.0473. The van der Waals surface area contributed by atoms with Crippen molar-refractivity contribution >= 4 is 46.1 Å². The number of hydrogen-bond donors (Lipinski definition) is 1. The molecule has 1 heterocycles. The molecule has 0 aliphatic carbocycles. The first-order chi connectivity index (χ1) is 11.6. The van der Waals surface area contributed by atoms with Crippen LogP contribution in [0.2, 0.25) is 10.0 Å². The van der Waals surface area contributed by atoms with Crippen LogP contribution >= 0.6 is 34.5 Å². The van der Waals surface area contributed by atoms with Gasteiger partial charge in [-0.25, -0.2) is 4.98 Å². The molecular weight excluding hydrogens is 367 g/mol. The first-order valence-electron chi connectivity index (χ1n) is 6.93. The van der Waals surface area contributed by atoms with Crippen LogP contribution in [0.1, 0.15) is 10.4 Å². The molecule has 0 aliphatic rings. The number of methoxy groups -OCH3 is 1. The van der Waals surface area contributed by atoms with Crippen LogP contribution in [0.15, 0.2) is 48.0 Å². The summed E-state index contributed by atoms with van der Waals surface area (Å²) in [7, 11) is 1.47. The van der Waals surface area contributed by atoms with Crippen LogP contribution in [0.4, 0.5) is 5.69 Å². The van der Waals surface area contributed by atoms with Crippen LogP contribution in [-0.2, 0) is 0 Å². The number of carbonyl (C=O) groups excluding carboxylic acids is 1. The summed E-state index contributed by atoms with van der Waals surface area (Å²) in [5.41, 5.74) is 2.02. The van der Waals surface area contributed by atoms with Gasteiger partial charge in [-0.3, -0.25) is 4.79 Å². The molecule has 2 aromatic carbocycles. The molecule has 0 bridgehead atoms. The zero-order valence-electron chi connectivity index (χ0n) is 12.5. The minimum atomic E-state index is -0.302. The molecule has 7 heteroatoms. The average Bonchev–Trinajstić information content (AvgIpc) is 3.09. The van der Waals surface area contributed by atoms with E-state index in [1.165, 1.54) is 19.2 Å². The predicted octanol–water partition coefficient (Wildman–Crippen LogP) is 5.38. The van der Waals surface area contributed by atoms with Crippen molar-refractivity contribution < 1.29 is 9.53 Å². The zero-order chi connectivity index (χ0) is 17.1. The Morgan fingerprint density at radius 3 is 2.38 bits per heavy atom. The molecule has 122 valence electrons. The van der Waals surface area contributed by atoms with Crippen LogP contribution in [0.3, 0.4) is 0 Å². The number of amides is 1. The van der Waals surface area contributed by atoms with E-state index in [1.807, 2.05) is 29.6 Å². The standard InChI is InChI=1S/C17H12Cl2N2O2S/c1-23-15-13(18)8-11(9-14(15)19)16(22)21-12-4-2-10(3-5-12)17-20-6-7-24-17/h2-9H,1H3,(H,21,22). The minimum Gasteiger partial charge on any atom is -0.494 e. The van der Waals surface area contributed by atoms with Gasteiger partial charge in [-0.15, -0.1) is 11.3 Å². The number of halogens is 2. The highest BCUT2D eigenvalue weighted by Gasteiger charge is 2.14. The molecule has 0 unspecified atom stereocenters. The van der Waals surface area contributed by atoms with Crippen molar-refractivity contribution in [2.24, 2.45) is 0 Å². The quantitative estimate of drug-likeness (QED) is 0.662. The second kappa shape index (κ2) is 7.21. The van der Waals surface area contributed by atoms with Gasteiger partial charge in [0.25, 0.3) is 5.91 Å². The largest absolute Gasteiger partial charge is 0.494 e. The number of thiazole rings is 1. The van der Waals surface area contributed by atoms with Crippen LogP contribution in [0.25, 0.3) is 10.6 Å². The lowest BCUT2D eigenvalue weighted by Crippen LogP contribution is -2.12. The smallest absolute Gasteiger partial charge is 0.255 e. The van der Waals surface area contributed by atoms with Gasteiger partial charge in [-0.1, -0.05) is 23.2 Å². The third-order valence-electron chi connectivity index (χ3n) is 3.29. The Hall–Kier alpha value is -2.08. The van der Waals surface area contributed by atoms with E-state index in [-0.39, 0.29) is 16.0 Å². The lowest BCUT2D eigenvalue weighted by Gasteiger charge is -2.10. The zero-order valence-corrected chi connectivity index (χ0v) is 14.9. The van der Waals surface area contributed by atoms with Gasteiger partial charge in [-0.2, -0.15) is 0 Å². The number of benzene rings is 2. The third-order valence-corrected chi connectivity index (χ3v) is 4.67. The Kier molecular flexibility index (Phi) is 5.04. The highest BCUT2D eigenvalue weighted by molar-refractivity contribution is 7.13. The summed E-state index contributed by atoms with van der Waals surface area (Å²) < 4.78 is 5.08. The van der Waals surface area contributed by atoms with Crippen molar-refractivity contribution in [3.05, 3.63) is 63.6 Å². The number of carbonyl (C=O) groups is 1. The minimum absolute atomic E-state index is 0.286. The Bertz CT molecular complexity index is 842. The van der Waals surface area contributed by atoms with E-state index in [2.05, 4.69) is 10.3 Å². The molecule has 3 aromatic rings. The number of aromatic nitrogens is 1. The number of rotatable bonds is 4. The Labute approximate surface area is 153 Å². The molecule has 0 atom stereocenters. The maximum Gasteiger partial charge on any atom is 0.255 e. The van der Waals surface area contributed by atoms with E-state index in [9.17, 15) is 4.79 Å². The Balaban J connectivity index is 1.77. The van der Waals surface area contributed by atoms with Crippen LogP contribution in [-0.4, -0.2) is 18.0 Å². The average molecular weight is 379 g/mol. The molecular formula is C17H12Cl2N2O2S. The summed E-state index contributed by atoms with van der Waals surface area (Å²) in [4.78, 5) is 16.6. The van der Waals surface area contributed by atoms with Gasteiger partial charge in [0.05, 0.1) is 17.2 Å². The summed E-state index contributed by atoms with van der Waals surface area (Å²) >= 11 is 13.7. The molecule has 1 amide bonds. The normalized spacial score (nSPS) is 10.5. The topological polar surface area (TPSA) is 51.2 Å². The van der Waals surface area contributed by atoms with E-state index in [1.54, 1.807) is 17.5 Å². The van der Waals surface area contributed by atoms with E-state index >= 15 is 0 Å². The lowest BCUT2D eigenvalue weighted by atomic mass is 10.1. The summed E-state index contributed by atoms with van der Waals surface area (Å²) in [5, 5.41) is 6.23. The van der Waals surface area contributed by atoms with Crippen molar-refractivity contribution in [2.45, 2.75) is 0 Å². The van der Waals surface area contributed by atoms with Gasteiger partial charge in [0.15, 0.2) is 5.75 Å². The highest BCUT2D eigenvalue weighted by atomic mass is 35.5.